The summed E-state index contributed by atoms with van der Waals surface area (Å²) in [5, 5.41) is 2.07. The molecule has 0 aromatic heterocycles. The van der Waals surface area contributed by atoms with Gasteiger partial charge in [-0.2, -0.15) is 26.3 Å². The zero-order valence-corrected chi connectivity index (χ0v) is 22.4. The molecule has 2 unspecified atom stereocenters. The molecule has 2 atom stereocenters. The van der Waals surface area contributed by atoms with Gasteiger partial charge in [0.15, 0.2) is 9.84 Å². The summed E-state index contributed by atoms with van der Waals surface area (Å²) in [6, 6.07) is 4.60. The molecule has 0 bridgehead atoms. The van der Waals surface area contributed by atoms with Gasteiger partial charge in [-0.15, -0.1) is 0 Å². The van der Waals surface area contributed by atoms with Gasteiger partial charge in [0.05, 0.1) is 22.8 Å². The Bertz CT molecular complexity index is 1320. The van der Waals surface area contributed by atoms with E-state index in [1.54, 1.807) is 0 Å². The average Bonchev–Trinajstić information content (AvgIpc) is 2.69. The highest BCUT2D eigenvalue weighted by Crippen LogP contribution is 2.38. The van der Waals surface area contributed by atoms with Crippen molar-refractivity contribution in [3.05, 3.63) is 74.8 Å². The summed E-state index contributed by atoms with van der Waals surface area (Å²) in [6.07, 6.45) is -8.20. The van der Waals surface area contributed by atoms with Crippen LogP contribution >= 0.6 is 23.2 Å². The highest BCUT2D eigenvalue weighted by Gasteiger charge is 2.38. The largest absolute Gasteiger partial charge is 0.417 e. The molecule has 0 spiro atoms. The van der Waals surface area contributed by atoms with E-state index >= 15 is 0 Å². The number of allylic oxidation sites excluding steroid dienone is 1. The second kappa shape index (κ2) is 12.0. The number of amides is 1. The summed E-state index contributed by atoms with van der Waals surface area (Å²) in [5.74, 6) is -9.72. The SMILES string of the molecule is CC(CS(=O)(=O)CC(F)(F)F)NC(=O)c1ccc(/C=C/C(c2cc(Cl)cc(Cl)c2)C(C)(F)F)cc1C(F)(F)F. The predicted octanol–water partition coefficient (Wildman–Crippen LogP) is 7.56. The van der Waals surface area contributed by atoms with Gasteiger partial charge in [0.1, 0.15) is 5.75 Å². The van der Waals surface area contributed by atoms with Crippen molar-refractivity contribution < 1.29 is 48.3 Å². The fourth-order valence-electron chi connectivity index (χ4n) is 3.67. The van der Waals surface area contributed by atoms with Gasteiger partial charge in [0, 0.05) is 23.0 Å². The molecule has 1 amide bonds. The minimum Gasteiger partial charge on any atom is -0.349 e. The molecule has 0 fully saturated rings. The number of benzene rings is 2. The highest BCUT2D eigenvalue weighted by molar-refractivity contribution is 7.91. The fraction of sp³-hybridized carbons (Fsp3) is 0.375. The molecule has 0 aliphatic rings. The van der Waals surface area contributed by atoms with Crippen LogP contribution in [0.2, 0.25) is 10.0 Å². The second-order valence-corrected chi connectivity index (χ2v) is 11.8. The Morgan fingerprint density at radius 3 is 2.03 bits per heavy atom. The summed E-state index contributed by atoms with van der Waals surface area (Å²) in [5.41, 5.74) is -2.63. The zero-order valence-electron chi connectivity index (χ0n) is 20.1. The smallest absolute Gasteiger partial charge is 0.349 e. The van der Waals surface area contributed by atoms with Crippen molar-refractivity contribution in [2.75, 3.05) is 11.5 Å². The van der Waals surface area contributed by atoms with Crippen molar-refractivity contribution in [1.82, 2.24) is 5.32 Å². The van der Waals surface area contributed by atoms with Crippen molar-refractivity contribution >= 4 is 45.0 Å². The van der Waals surface area contributed by atoms with E-state index < -0.39 is 68.6 Å². The maximum atomic E-state index is 14.3. The summed E-state index contributed by atoms with van der Waals surface area (Å²) in [7, 11) is -4.72. The van der Waals surface area contributed by atoms with Crippen LogP contribution in [0.1, 0.15) is 46.8 Å². The van der Waals surface area contributed by atoms with Crippen LogP contribution in [-0.2, 0) is 16.0 Å². The van der Waals surface area contributed by atoms with E-state index in [-0.39, 0.29) is 21.2 Å². The maximum absolute atomic E-state index is 14.3. The van der Waals surface area contributed by atoms with E-state index in [9.17, 15) is 48.3 Å². The van der Waals surface area contributed by atoms with Gasteiger partial charge in [-0.3, -0.25) is 4.79 Å². The lowest BCUT2D eigenvalue weighted by atomic mass is 9.92. The Labute approximate surface area is 228 Å². The van der Waals surface area contributed by atoms with Crippen LogP contribution < -0.4 is 5.32 Å². The molecule has 2 aromatic carbocycles. The Hall–Kier alpha value is -2.38. The van der Waals surface area contributed by atoms with Gasteiger partial charge in [-0.25, -0.2) is 17.2 Å². The van der Waals surface area contributed by atoms with E-state index in [0.29, 0.717) is 13.0 Å². The number of rotatable bonds is 9. The second-order valence-electron chi connectivity index (χ2n) is 8.84. The minimum atomic E-state index is -5.10. The predicted molar refractivity (Wildman–Crippen MR) is 132 cm³/mol. The Kier molecular flexibility index (Phi) is 10.1. The fourth-order valence-corrected chi connectivity index (χ4v) is 5.67. The van der Waals surface area contributed by atoms with Crippen LogP contribution in [0, 0.1) is 0 Å². The quantitative estimate of drug-likeness (QED) is 0.293. The highest BCUT2D eigenvalue weighted by atomic mass is 35.5. The molecule has 4 nitrogen and oxygen atoms in total. The van der Waals surface area contributed by atoms with Gasteiger partial charge in [0.25, 0.3) is 11.8 Å². The first-order chi connectivity index (χ1) is 17.6. The maximum Gasteiger partial charge on any atom is 0.417 e. The van der Waals surface area contributed by atoms with Crippen molar-refractivity contribution in [2.24, 2.45) is 0 Å². The number of nitrogens with one attached hydrogen (secondary N) is 1. The molecule has 2 rings (SSSR count). The van der Waals surface area contributed by atoms with Crippen LogP contribution in [0.25, 0.3) is 6.08 Å². The molecule has 0 heterocycles. The summed E-state index contributed by atoms with van der Waals surface area (Å²) < 4.78 is 130. The Balaban J connectivity index is 2.36. The lowest BCUT2D eigenvalue weighted by molar-refractivity contribution is -0.138. The van der Waals surface area contributed by atoms with E-state index in [0.717, 1.165) is 31.2 Å². The van der Waals surface area contributed by atoms with Gasteiger partial charge < -0.3 is 5.32 Å². The molecule has 0 saturated heterocycles. The lowest BCUT2D eigenvalue weighted by Gasteiger charge is -2.21. The van der Waals surface area contributed by atoms with Crippen LogP contribution in [0.3, 0.4) is 0 Å². The van der Waals surface area contributed by atoms with Gasteiger partial charge in [-0.05, 0) is 48.4 Å². The molecule has 1 N–H and O–H groups in total. The first-order valence-electron chi connectivity index (χ1n) is 10.9. The monoisotopic (exact) mass is 625 g/mol. The minimum absolute atomic E-state index is 0.00208. The van der Waals surface area contributed by atoms with Gasteiger partial charge in [0.2, 0.25) is 0 Å². The number of halogens is 10. The normalized spacial score (nSPS) is 14.9. The van der Waals surface area contributed by atoms with Crippen molar-refractivity contribution in [1.29, 1.82) is 0 Å². The molecular formula is C24H21Cl2F8NO3S. The summed E-state index contributed by atoms with van der Waals surface area (Å²) in [6.45, 7) is 1.62. The van der Waals surface area contributed by atoms with E-state index in [2.05, 4.69) is 0 Å². The van der Waals surface area contributed by atoms with E-state index in [1.807, 2.05) is 5.32 Å². The molecule has 0 saturated carbocycles. The standard InChI is InChI=1S/C24H21Cl2F8NO3S/c1-13(11-39(37,38)12-23(29,30)31)35-21(36)18-5-3-14(7-20(18)24(32,33)34)4-6-19(22(2,27)28)15-8-16(25)10-17(26)9-15/h3-10,13,19H,11-12H2,1-2H3,(H,35,36)/b6-4+. The summed E-state index contributed by atoms with van der Waals surface area (Å²) in [4.78, 5) is 12.5. The Morgan fingerprint density at radius 1 is 0.974 bits per heavy atom. The van der Waals surface area contributed by atoms with Gasteiger partial charge in [-0.1, -0.05) is 41.4 Å². The van der Waals surface area contributed by atoms with Crippen molar-refractivity contribution in [3.8, 4) is 0 Å². The van der Waals surface area contributed by atoms with Crippen LogP contribution in [0.4, 0.5) is 35.1 Å². The molecular weight excluding hydrogens is 605 g/mol. The number of alkyl halides is 8. The van der Waals surface area contributed by atoms with Crippen LogP contribution in [0.5, 0.6) is 0 Å². The number of hydrogen-bond donors (Lipinski definition) is 1. The molecule has 15 heteroatoms. The van der Waals surface area contributed by atoms with E-state index in [4.69, 9.17) is 23.2 Å². The number of carbonyl (C=O) groups is 1. The lowest BCUT2D eigenvalue weighted by Crippen LogP contribution is -2.40. The molecule has 0 aliphatic carbocycles. The topological polar surface area (TPSA) is 63.2 Å². The Morgan fingerprint density at radius 2 is 1.54 bits per heavy atom. The number of hydrogen-bond acceptors (Lipinski definition) is 3. The average molecular weight is 626 g/mol. The third kappa shape index (κ3) is 10.3. The molecule has 216 valence electrons. The number of sulfone groups is 1. The summed E-state index contributed by atoms with van der Waals surface area (Å²) >= 11 is 11.8. The van der Waals surface area contributed by atoms with Crippen molar-refractivity contribution in [2.45, 2.75) is 44.1 Å². The van der Waals surface area contributed by atoms with E-state index in [1.165, 1.54) is 18.2 Å². The first kappa shape index (κ1) is 32.8. The van der Waals surface area contributed by atoms with Crippen LogP contribution in [0.15, 0.2) is 42.5 Å². The van der Waals surface area contributed by atoms with Crippen molar-refractivity contribution in [3.63, 3.8) is 0 Å². The third-order valence-corrected chi connectivity index (χ3v) is 7.34. The number of carbonyl (C=O) groups excluding carboxylic acids is 1. The molecule has 0 radical (unpaired) electrons. The van der Waals surface area contributed by atoms with Gasteiger partial charge >= 0.3 is 12.4 Å². The first-order valence-corrected chi connectivity index (χ1v) is 13.5. The third-order valence-electron chi connectivity index (χ3n) is 5.13. The molecule has 0 aliphatic heterocycles. The van der Waals surface area contributed by atoms with Crippen LogP contribution in [-0.4, -0.2) is 44.0 Å². The molecule has 2 aromatic rings. The zero-order chi connectivity index (χ0) is 30.0. The molecule has 39 heavy (non-hydrogen) atoms.